The number of aromatic nitrogens is 2. The summed E-state index contributed by atoms with van der Waals surface area (Å²) in [7, 11) is 0. The monoisotopic (exact) mass is 405 g/mol. The first-order valence-electron chi connectivity index (χ1n) is 7.83. The molecule has 0 radical (unpaired) electrons. The van der Waals surface area contributed by atoms with Crippen LogP contribution in [0.25, 0.3) is 11.5 Å². The van der Waals surface area contributed by atoms with Crippen LogP contribution in [0.3, 0.4) is 0 Å². The Morgan fingerprint density at radius 1 is 1.26 bits per heavy atom. The largest absolute Gasteiger partial charge is 0.467 e. The molecule has 0 spiro atoms. The van der Waals surface area contributed by atoms with Crippen molar-refractivity contribution < 1.29 is 18.8 Å². The quantitative estimate of drug-likeness (QED) is 0.348. The molecule has 0 saturated carbocycles. The zero-order valence-corrected chi connectivity index (χ0v) is 15.3. The van der Waals surface area contributed by atoms with Gasteiger partial charge in [0, 0.05) is 39.6 Å². The summed E-state index contributed by atoms with van der Waals surface area (Å²) in [6, 6.07) is 9.69. The molecule has 0 amide bonds. The van der Waals surface area contributed by atoms with E-state index >= 15 is 0 Å². The molecular weight excluding hydrogens is 394 g/mol. The van der Waals surface area contributed by atoms with E-state index in [1.807, 2.05) is 12.1 Å². The van der Waals surface area contributed by atoms with Gasteiger partial charge in [-0.2, -0.15) is 0 Å². The summed E-state index contributed by atoms with van der Waals surface area (Å²) in [6.45, 7) is 0.648. The molecule has 2 aromatic carbocycles. The van der Waals surface area contributed by atoms with E-state index in [1.165, 1.54) is 23.9 Å². The summed E-state index contributed by atoms with van der Waals surface area (Å²) in [5, 5.41) is 19.8. The van der Waals surface area contributed by atoms with Crippen LogP contribution in [0.5, 0.6) is 5.75 Å². The summed E-state index contributed by atoms with van der Waals surface area (Å²) in [5.74, 6) is 1.50. The Morgan fingerprint density at radius 2 is 2.15 bits per heavy atom. The van der Waals surface area contributed by atoms with Crippen LogP contribution in [0.4, 0.5) is 5.69 Å². The fraction of sp³-hybridized carbons (Fsp3) is 0.176. The SMILES string of the molecule is O=[N+]([O-])c1cccc(-c2nnc(SCc3cc(Cl)cc4c3OCOC4)o2)c1. The van der Waals surface area contributed by atoms with Crippen LogP contribution in [0.2, 0.25) is 5.02 Å². The number of hydrogen-bond acceptors (Lipinski definition) is 8. The van der Waals surface area contributed by atoms with Crippen molar-refractivity contribution in [3.05, 3.63) is 62.7 Å². The third-order valence-corrected chi connectivity index (χ3v) is 4.90. The van der Waals surface area contributed by atoms with Crippen molar-refractivity contribution in [2.24, 2.45) is 0 Å². The van der Waals surface area contributed by atoms with Gasteiger partial charge in [0.05, 0.1) is 11.5 Å². The lowest BCUT2D eigenvalue weighted by Gasteiger charge is -2.20. The highest BCUT2D eigenvalue weighted by Crippen LogP contribution is 2.35. The molecule has 10 heteroatoms. The Morgan fingerprint density at radius 3 is 3.00 bits per heavy atom. The van der Waals surface area contributed by atoms with E-state index in [0.29, 0.717) is 28.2 Å². The first-order chi connectivity index (χ1) is 13.1. The minimum Gasteiger partial charge on any atom is -0.467 e. The van der Waals surface area contributed by atoms with E-state index in [1.54, 1.807) is 12.1 Å². The Bertz CT molecular complexity index is 1010. The molecule has 27 heavy (non-hydrogen) atoms. The molecule has 0 bridgehead atoms. The molecule has 8 nitrogen and oxygen atoms in total. The van der Waals surface area contributed by atoms with Crippen LogP contribution in [-0.4, -0.2) is 21.9 Å². The number of non-ortho nitro benzene ring substituents is 1. The third-order valence-electron chi connectivity index (χ3n) is 3.81. The second kappa shape index (κ2) is 7.55. The van der Waals surface area contributed by atoms with Crippen molar-refractivity contribution in [2.45, 2.75) is 17.6 Å². The molecule has 1 aliphatic rings. The Labute approximate surface area is 162 Å². The first-order valence-corrected chi connectivity index (χ1v) is 9.19. The standard InChI is InChI=1S/C17H12ClN3O5S/c18-13-4-11-7-24-9-25-15(11)12(5-13)8-27-17-20-19-16(26-17)10-2-1-3-14(6-10)21(22)23/h1-6H,7-9H2. The van der Waals surface area contributed by atoms with Gasteiger partial charge < -0.3 is 13.9 Å². The first kappa shape index (κ1) is 17.8. The molecule has 138 valence electrons. The maximum absolute atomic E-state index is 10.9. The van der Waals surface area contributed by atoms with E-state index in [2.05, 4.69) is 10.2 Å². The fourth-order valence-electron chi connectivity index (χ4n) is 2.64. The summed E-state index contributed by atoms with van der Waals surface area (Å²) >= 11 is 7.49. The van der Waals surface area contributed by atoms with Crippen LogP contribution in [-0.2, 0) is 17.1 Å². The molecule has 1 aromatic heterocycles. The molecule has 1 aliphatic heterocycles. The average Bonchev–Trinajstić information content (AvgIpc) is 3.15. The Hall–Kier alpha value is -2.62. The van der Waals surface area contributed by atoms with Gasteiger partial charge in [-0.05, 0) is 18.2 Å². The maximum Gasteiger partial charge on any atom is 0.277 e. The second-order valence-corrected chi connectivity index (χ2v) is 7.00. The molecule has 0 fully saturated rings. The highest BCUT2D eigenvalue weighted by molar-refractivity contribution is 7.98. The fourth-order valence-corrected chi connectivity index (χ4v) is 3.63. The minimum absolute atomic E-state index is 0.0372. The predicted molar refractivity (Wildman–Crippen MR) is 97.7 cm³/mol. The van der Waals surface area contributed by atoms with Crippen LogP contribution in [0, 0.1) is 10.1 Å². The number of nitro benzene ring substituents is 1. The summed E-state index contributed by atoms with van der Waals surface area (Å²) < 4.78 is 16.5. The van der Waals surface area contributed by atoms with Gasteiger partial charge in [-0.25, -0.2) is 0 Å². The maximum atomic E-state index is 10.9. The third kappa shape index (κ3) is 3.90. The summed E-state index contributed by atoms with van der Waals surface area (Å²) in [5.41, 5.74) is 2.25. The molecule has 0 aliphatic carbocycles. The lowest BCUT2D eigenvalue weighted by molar-refractivity contribution is -0.384. The van der Waals surface area contributed by atoms with E-state index in [0.717, 1.165) is 16.9 Å². The van der Waals surface area contributed by atoms with Gasteiger partial charge in [0.1, 0.15) is 5.75 Å². The van der Waals surface area contributed by atoms with E-state index in [4.69, 9.17) is 25.5 Å². The van der Waals surface area contributed by atoms with Crippen LogP contribution >= 0.6 is 23.4 Å². The van der Waals surface area contributed by atoms with Gasteiger partial charge in [0.2, 0.25) is 5.89 Å². The number of nitro groups is 1. The zero-order valence-electron chi connectivity index (χ0n) is 13.8. The molecule has 2 heterocycles. The lowest BCUT2D eigenvalue weighted by Crippen LogP contribution is -2.12. The van der Waals surface area contributed by atoms with Gasteiger partial charge >= 0.3 is 0 Å². The number of halogens is 1. The predicted octanol–water partition coefficient (Wildman–Crippen LogP) is 4.46. The zero-order chi connectivity index (χ0) is 18.8. The molecule has 0 atom stereocenters. The van der Waals surface area contributed by atoms with E-state index in [9.17, 15) is 10.1 Å². The normalized spacial score (nSPS) is 13.1. The van der Waals surface area contributed by atoms with Crippen LogP contribution in [0.1, 0.15) is 11.1 Å². The second-order valence-electron chi connectivity index (χ2n) is 5.63. The van der Waals surface area contributed by atoms with Crippen LogP contribution in [0.15, 0.2) is 46.0 Å². The molecule has 0 unspecified atom stereocenters. The number of hydrogen-bond donors (Lipinski definition) is 0. The average molecular weight is 406 g/mol. The van der Waals surface area contributed by atoms with Crippen molar-refractivity contribution in [1.82, 2.24) is 10.2 Å². The molecule has 0 saturated heterocycles. The van der Waals surface area contributed by atoms with E-state index < -0.39 is 4.92 Å². The van der Waals surface area contributed by atoms with E-state index in [-0.39, 0.29) is 18.4 Å². The van der Waals surface area contributed by atoms with Gasteiger partial charge in [-0.15, -0.1) is 10.2 Å². The number of ether oxygens (including phenoxy) is 2. The highest BCUT2D eigenvalue weighted by atomic mass is 35.5. The van der Waals surface area contributed by atoms with Gasteiger partial charge in [-0.1, -0.05) is 29.4 Å². The number of benzene rings is 2. The number of fused-ring (bicyclic) bond motifs is 1. The Balaban J connectivity index is 1.52. The minimum atomic E-state index is -0.471. The summed E-state index contributed by atoms with van der Waals surface area (Å²) in [4.78, 5) is 10.4. The number of rotatable bonds is 5. The van der Waals surface area contributed by atoms with Crippen molar-refractivity contribution in [3.8, 4) is 17.2 Å². The number of thioether (sulfide) groups is 1. The van der Waals surface area contributed by atoms with Gasteiger partial charge in [0.25, 0.3) is 10.9 Å². The molecule has 3 aromatic rings. The highest BCUT2D eigenvalue weighted by Gasteiger charge is 2.18. The van der Waals surface area contributed by atoms with Crippen molar-refractivity contribution in [3.63, 3.8) is 0 Å². The Kier molecular flexibility index (Phi) is 4.97. The topological polar surface area (TPSA) is 101 Å². The summed E-state index contributed by atoms with van der Waals surface area (Å²) in [6.07, 6.45) is 0. The molecule has 0 N–H and O–H groups in total. The smallest absolute Gasteiger partial charge is 0.277 e. The van der Waals surface area contributed by atoms with Crippen LogP contribution < -0.4 is 4.74 Å². The van der Waals surface area contributed by atoms with Crippen molar-refractivity contribution in [1.29, 1.82) is 0 Å². The number of nitrogens with zero attached hydrogens (tertiary/aromatic N) is 3. The molecule has 4 rings (SSSR count). The van der Waals surface area contributed by atoms with Crippen molar-refractivity contribution in [2.75, 3.05) is 6.79 Å². The van der Waals surface area contributed by atoms with Gasteiger partial charge in [0.15, 0.2) is 6.79 Å². The van der Waals surface area contributed by atoms with Crippen molar-refractivity contribution >= 4 is 29.1 Å². The van der Waals surface area contributed by atoms with Gasteiger partial charge in [-0.3, -0.25) is 10.1 Å². The lowest BCUT2D eigenvalue weighted by atomic mass is 10.1. The molecular formula is C17H12ClN3O5S.